The summed E-state index contributed by atoms with van der Waals surface area (Å²) in [6.45, 7) is 5.51. The number of hydrogen-bond donors (Lipinski definition) is 2. The van der Waals surface area contributed by atoms with Crippen LogP contribution in [0.25, 0.3) is 0 Å². The van der Waals surface area contributed by atoms with Gasteiger partial charge in [0.2, 0.25) is 11.8 Å². The van der Waals surface area contributed by atoms with Gasteiger partial charge < -0.3 is 20.2 Å². The highest BCUT2D eigenvalue weighted by atomic mass is 16.4. The van der Waals surface area contributed by atoms with E-state index in [0.29, 0.717) is 19.5 Å². The summed E-state index contributed by atoms with van der Waals surface area (Å²) >= 11 is 0. The normalized spacial score (nSPS) is 19.8. The van der Waals surface area contributed by atoms with Crippen LogP contribution in [0.4, 0.5) is 0 Å². The minimum Gasteiger partial charge on any atom is -0.480 e. The molecule has 0 bridgehead atoms. The standard InChI is InChI=1S/C15H27N3O4/c1-10(2)7-12(15(21)22)16-14(20)11-8-13(19)18(9-11)6-5-17(3)4/h10-12H,5-9H2,1-4H3,(H,16,20)(H,21,22)/t11?,12-/m0/s1. The number of carbonyl (C=O) groups excluding carboxylic acids is 2. The Morgan fingerprint density at radius 1 is 1.41 bits per heavy atom. The monoisotopic (exact) mass is 313 g/mol. The summed E-state index contributed by atoms with van der Waals surface area (Å²) < 4.78 is 0. The smallest absolute Gasteiger partial charge is 0.326 e. The molecule has 0 aromatic carbocycles. The first-order valence-electron chi connectivity index (χ1n) is 7.66. The number of carboxylic acids is 1. The van der Waals surface area contributed by atoms with Crippen molar-refractivity contribution in [3.63, 3.8) is 0 Å². The molecule has 2 amide bonds. The Morgan fingerprint density at radius 2 is 2.05 bits per heavy atom. The van der Waals surface area contributed by atoms with Gasteiger partial charge in [-0.1, -0.05) is 13.8 Å². The van der Waals surface area contributed by atoms with Crippen LogP contribution in [0.1, 0.15) is 26.7 Å². The number of rotatable bonds is 8. The highest BCUT2D eigenvalue weighted by Gasteiger charge is 2.35. The average Bonchev–Trinajstić information content (AvgIpc) is 2.76. The summed E-state index contributed by atoms with van der Waals surface area (Å²) in [5.41, 5.74) is 0. The number of nitrogens with zero attached hydrogens (tertiary/aromatic N) is 2. The molecule has 1 heterocycles. The molecule has 1 aliphatic heterocycles. The maximum Gasteiger partial charge on any atom is 0.326 e. The number of likely N-dealkylation sites (N-methyl/N-ethyl adjacent to an activating group) is 1. The van der Waals surface area contributed by atoms with Gasteiger partial charge in [-0.3, -0.25) is 9.59 Å². The van der Waals surface area contributed by atoms with Crippen molar-refractivity contribution >= 4 is 17.8 Å². The number of hydrogen-bond acceptors (Lipinski definition) is 4. The molecule has 0 saturated carbocycles. The van der Waals surface area contributed by atoms with Crippen LogP contribution in [0.15, 0.2) is 0 Å². The van der Waals surface area contributed by atoms with Crippen molar-refractivity contribution in [2.24, 2.45) is 11.8 Å². The Morgan fingerprint density at radius 3 is 2.55 bits per heavy atom. The van der Waals surface area contributed by atoms with Gasteiger partial charge in [-0.05, 0) is 26.4 Å². The quantitative estimate of drug-likeness (QED) is 0.659. The van der Waals surface area contributed by atoms with Gasteiger partial charge in [0.05, 0.1) is 5.92 Å². The molecule has 1 fully saturated rings. The van der Waals surface area contributed by atoms with Crippen LogP contribution in [0.5, 0.6) is 0 Å². The molecule has 0 radical (unpaired) electrons. The molecule has 126 valence electrons. The molecule has 2 N–H and O–H groups in total. The van der Waals surface area contributed by atoms with Crippen LogP contribution in [0.2, 0.25) is 0 Å². The van der Waals surface area contributed by atoms with Gasteiger partial charge in [-0.15, -0.1) is 0 Å². The molecule has 1 unspecified atom stereocenters. The Labute approximate surface area is 131 Å². The molecular formula is C15H27N3O4. The average molecular weight is 313 g/mol. The Hall–Kier alpha value is -1.63. The van der Waals surface area contributed by atoms with Crippen LogP contribution in [0, 0.1) is 11.8 Å². The van der Waals surface area contributed by atoms with E-state index in [-0.39, 0.29) is 24.2 Å². The second kappa shape index (κ2) is 8.12. The first-order valence-corrected chi connectivity index (χ1v) is 7.66. The Kier molecular flexibility index (Phi) is 6.80. The van der Waals surface area contributed by atoms with E-state index in [4.69, 9.17) is 5.11 Å². The summed E-state index contributed by atoms with van der Waals surface area (Å²) in [4.78, 5) is 39.0. The fourth-order valence-electron chi connectivity index (χ4n) is 2.47. The molecule has 0 aliphatic carbocycles. The van der Waals surface area contributed by atoms with E-state index in [1.807, 2.05) is 32.8 Å². The molecule has 0 aromatic rings. The van der Waals surface area contributed by atoms with Gasteiger partial charge in [-0.25, -0.2) is 4.79 Å². The zero-order valence-electron chi connectivity index (χ0n) is 13.8. The van der Waals surface area contributed by atoms with Gasteiger partial charge in [-0.2, -0.15) is 0 Å². The lowest BCUT2D eigenvalue weighted by atomic mass is 10.0. The van der Waals surface area contributed by atoms with E-state index in [9.17, 15) is 14.4 Å². The van der Waals surface area contributed by atoms with Crippen molar-refractivity contribution in [1.29, 1.82) is 0 Å². The first-order chi connectivity index (χ1) is 10.2. The molecule has 7 heteroatoms. The lowest BCUT2D eigenvalue weighted by Crippen LogP contribution is -2.45. The second-order valence-electron chi connectivity index (χ2n) is 6.57. The molecule has 0 spiro atoms. The molecule has 0 aromatic heterocycles. The third-order valence-corrected chi connectivity index (χ3v) is 3.72. The molecular weight excluding hydrogens is 286 g/mol. The molecule has 1 saturated heterocycles. The summed E-state index contributed by atoms with van der Waals surface area (Å²) in [6, 6.07) is -0.890. The lowest BCUT2D eigenvalue weighted by Gasteiger charge is -2.20. The van der Waals surface area contributed by atoms with Crippen LogP contribution in [0.3, 0.4) is 0 Å². The predicted molar refractivity (Wildman–Crippen MR) is 82.3 cm³/mol. The van der Waals surface area contributed by atoms with Crippen molar-refractivity contribution in [1.82, 2.24) is 15.1 Å². The topological polar surface area (TPSA) is 90.0 Å². The number of nitrogens with one attached hydrogen (secondary N) is 1. The lowest BCUT2D eigenvalue weighted by molar-refractivity contribution is -0.142. The summed E-state index contributed by atoms with van der Waals surface area (Å²) in [6.07, 6.45) is 0.541. The number of carbonyl (C=O) groups is 3. The summed E-state index contributed by atoms with van der Waals surface area (Å²) in [5.74, 6) is -1.70. The van der Waals surface area contributed by atoms with Crippen LogP contribution >= 0.6 is 0 Å². The van der Waals surface area contributed by atoms with E-state index < -0.39 is 17.9 Å². The van der Waals surface area contributed by atoms with E-state index >= 15 is 0 Å². The fraction of sp³-hybridized carbons (Fsp3) is 0.800. The molecule has 1 aliphatic rings. The van der Waals surface area contributed by atoms with Crippen LogP contribution in [-0.4, -0.2) is 72.5 Å². The van der Waals surface area contributed by atoms with E-state index in [1.165, 1.54) is 0 Å². The van der Waals surface area contributed by atoms with Crippen molar-refractivity contribution in [2.45, 2.75) is 32.7 Å². The number of likely N-dealkylation sites (tertiary alicyclic amines) is 1. The largest absolute Gasteiger partial charge is 0.480 e. The molecule has 22 heavy (non-hydrogen) atoms. The van der Waals surface area contributed by atoms with Crippen molar-refractivity contribution in [3.05, 3.63) is 0 Å². The summed E-state index contributed by atoms with van der Waals surface area (Å²) in [5, 5.41) is 11.7. The maximum absolute atomic E-state index is 12.2. The third-order valence-electron chi connectivity index (χ3n) is 3.72. The SMILES string of the molecule is CC(C)C[C@H](NC(=O)C1CC(=O)N(CCN(C)C)C1)C(=O)O. The van der Waals surface area contributed by atoms with Gasteiger partial charge in [0.1, 0.15) is 6.04 Å². The molecule has 2 atom stereocenters. The van der Waals surface area contributed by atoms with E-state index in [2.05, 4.69) is 5.32 Å². The zero-order chi connectivity index (χ0) is 16.9. The van der Waals surface area contributed by atoms with Gasteiger partial charge in [0.25, 0.3) is 0 Å². The minimum absolute atomic E-state index is 0.0438. The predicted octanol–water partition coefficient (Wildman–Crippen LogP) is 0.0120. The Balaban J connectivity index is 2.55. The van der Waals surface area contributed by atoms with Crippen molar-refractivity contribution < 1.29 is 19.5 Å². The highest BCUT2D eigenvalue weighted by Crippen LogP contribution is 2.18. The summed E-state index contributed by atoms with van der Waals surface area (Å²) in [7, 11) is 3.85. The number of carboxylic acid groups (broad SMARTS) is 1. The minimum atomic E-state index is -1.03. The second-order valence-corrected chi connectivity index (χ2v) is 6.57. The Bertz CT molecular complexity index is 423. The van der Waals surface area contributed by atoms with E-state index in [0.717, 1.165) is 6.54 Å². The maximum atomic E-state index is 12.2. The van der Waals surface area contributed by atoms with Gasteiger partial charge in [0, 0.05) is 26.1 Å². The van der Waals surface area contributed by atoms with Crippen molar-refractivity contribution in [3.8, 4) is 0 Å². The molecule has 7 nitrogen and oxygen atoms in total. The van der Waals surface area contributed by atoms with Gasteiger partial charge in [0.15, 0.2) is 0 Å². The third kappa shape index (κ3) is 5.63. The van der Waals surface area contributed by atoms with Crippen LogP contribution < -0.4 is 5.32 Å². The van der Waals surface area contributed by atoms with Gasteiger partial charge >= 0.3 is 5.97 Å². The first kappa shape index (κ1) is 18.4. The van der Waals surface area contributed by atoms with Crippen molar-refractivity contribution in [2.75, 3.05) is 33.7 Å². The fourth-order valence-corrected chi connectivity index (χ4v) is 2.47. The number of aliphatic carboxylic acids is 1. The van der Waals surface area contributed by atoms with Crippen LogP contribution in [-0.2, 0) is 14.4 Å². The molecule has 1 rings (SSSR count). The highest BCUT2D eigenvalue weighted by molar-refractivity contribution is 5.91. The van der Waals surface area contributed by atoms with E-state index in [1.54, 1.807) is 4.90 Å². The zero-order valence-corrected chi connectivity index (χ0v) is 13.8. The number of amides is 2.